The zero-order valence-corrected chi connectivity index (χ0v) is 12.7. The Morgan fingerprint density at radius 2 is 2.04 bits per heavy atom. The van der Waals surface area contributed by atoms with Crippen molar-refractivity contribution in [3.8, 4) is 22.9 Å². The molecule has 1 aromatic carbocycles. The van der Waals surface area contributed by atoms with E-state index in [1.807, 2.05) is 24.3 Å². The lowest BCUT2D eigenvalue weighted by molar-refractivity contribution is -0.139. The molecule has 0 unspecified atom stereocenters. The molecule has 0 aliphatic heterocycles. The Labute approximate surface area is 137 Å². The first-order valence-corrected chi connectivity index (χ1v) is 7.23. The predicted molar refractivity (Wildman–Crippen MR) is 85.7 cm³/mol. The normalized spacial score (nSPS) is 10.3. The standard InChI is InChI=1S/C17H15N3O4/c21-17(22)11-24-13-3-1-2-12(8-13)10-23-14-4-5-15(18-9-14)16-6-7-19-20-16/h1-9H,10-11H2,(H,19,20)(H,21,22). The fourth-order valence-corrected chi connectivity index (χ4v) is 2.06. The number of H-pyrrole nitrogens is 1. The summed E-state index contributed by atoms with van der Waals surface area (Å²) in [6, 6.07) is 12.6. The molecule has 3 aromatic rings. The first kappa shape index (κ1) is 15.5. The number of nitrogens with one attached hydrogen (secondary N) is 1. The third-order valence-corrected chi connectivity index (χ3v) is 3.18. The minimum atomic E-state index is -1.01. The smallest absolute Gasteiger partial charge is 0.341 e. The molecule has 0 aliphatic rings. The molecule has 0 atom stereocenters. The molecule has 2 aromatic heterocycles. The Hall–Kier alpha value is -3.35. The van der Waals surface area contributed by atoms with E-state index in [1.54, 1.807) is 30.6 Å². The Balaban J connectivity index is 1.59. The van der Waals surface area contributed by atoms with Gasteiger partial charge in [0.25, 0.3) is 0 Å². The summed E-state index contributed by atoms with van der Waals surface area (Å²) in [7, 11) is 0. The fraction of sp³-hybridized carbons (Fsp3) is 0.118. The lowest BCUT2D eigenvalue weighted by Crippen LogP contribution is -2.09. The van der Waals surface area contributed by atoms with Crippen molar-refractivity contribution in [3.63, 3.8) is 0 Å². The Morgan fingerprint density at radius 1 is 1.12 bits per heavy atom. The van der Waals surface area contributed by atoms with Crippen molar-refractivity contribution in [1.29, 1.82) is 0 Å². The maximum Gasteiger partial charge on any atom is 0.341 e. The number of hydrogen-bond donors (Lipinski definition) is 2. The second kappa shape index (κ2) is 7.28. The summed E-state index contributed by atoms with van der Waals surface area (Å²) in [5, 5.41) is 15.4. The van der Waals surface area contributed by atoms with E-state index in [9.17, 15) is 4.79 Å². The van der Waals surface area contributed by atoms with Crippen molar-refractivity contribution in [2.45, 2.75) is 6.61 Å². The quantitative estimate of drug-likeness (QED) is 0.693. The van der Waals surface area contributed by atoms with Crippen LogP contribution < -0.4 is 9.47 Å². The van der Waals surface area contributed by atoms with Gasteiger partial charge in [-0.25, -0.2) is 4.79 Å². The number of hydrogen-bond acceptors (Lipinski definition) is 5. The van der Waals surface area contributed by atoms with E-state index in [-0.39, 0.29) is 6.61 Å². The van der Waals surface area contributed by atoms with Crippen molar-refractivity contribution in [1.82, 2.24) is 15.2 Å². The lowest BCUT2D eigenvalue weighted by Gasteiger charge is -2.08. The number of ether oxygens (including phenoxy) is 2. The van der Waals surface area contributed by atoms with E-state index in [1.165, 1.54) is 0 Å². The number of aromatic nitrogens is 3. The van der Waals surface area contributed by atoms with Gasteiger partial charge in [-0.3, -0.25) is 10.1 Å². The van der Waals surface area contributed by atoms with Gasteiger partial charge in [-0.1, -0.05) is 12.1 Å². The number of carboxylic acid groups (broad SMARTS) is 1. The first-order valence-electron chi connectivity index (χ1n) is 7.23. The average Bonchev–Trinajstić information content (AvgIpc) is 3.14. The van der Waals surface area contributed by atoms with Crippen LogP contribution in [0.4, 0.5) is 0 Å². The molecule has 3 rings (SSSR count). The van der Waals surface area contributed by atoms with Crippen LogP contribution in [-0.2, 0) is 11.4 Å². The molecule has 2 heterocycles. The predicted octanol–water partition coefficient (Wildman–Crippen LogP) is 2.51. The molecule has 2 N–H and O–H groups in total. The highest BCUT2D eigenvalue weighted by Gasteiger charge is 2.03. The van der Waals surface area contributed by atoms with E-state index in [0.717, 1.165) is 17.0 Å². The molecule has 122 valence electrons. The molecule has 0 radical (unpaired) electrons. The highest BCUT2D eigenvalue weighted by molar-refractivity contribution is 5.68. The number of rotatable bonds is 7. The van der Waals surface area contributed by atoms with Gasteiger partial charge in [0.05, 0.1) is 17.6 Å². The van der Waals surface area contributed by atoms with E-state index >= 15 is 0 Å². The Kier molecular flexibility index (Phi) is 4.71. The molecule has 24 heavy (non-hydrogen) atoms. The minimum Gasteiger partial charge on any atom is -0.487 e. The molecule has 0 spiro atoms. The van der Waals surface area contributed by atoms with Crippen LogP contribution in [0.3, 0.4) is 0 Å². The number of nitrogens with zero attached hydrogens (tertiary/aromatic N) is 2. The Bertz CT molecular complexity index is 801. The maximum absolute atomic E-state index is 10.5. The number of aliphatic carboxylic acids is 1. The zero-order chi connectivity index (χ0) is 16.8. The first-order chi connectivity index (χ1) is 11.7. The van der Waals surface area contributed by atoms with Gasteiger partial charge >= 0.3 is 5.97 Å². The van der Waals surface area contributed by atoms with Crippen LogP contribution in [0.5, 0.6) is 11.5 Å². The molecular weight excluding hydrogens is 310 g/mol. The average molecular weight is 325 g/mol. The molecule has 0 amide bonds. The molecule has 0 bridgehead atoms. The lowest BCUT2D eigenvalue weighted by atomic mass is 10.2. The Morgan fingerprint density at radius 3 is 2.75 bits per heavy atom. The number of carbonyl (C=O) groups is 1. The topological polar surface area (TPSA) is 97.3 Å². The van der Waals surface area contributed by atoms with Crippen LogP contribution in [0.2, 0.25) is 0 Å². The molecule has 0 saturated heterocycles. The van der Waals surface area contributed by atoms with Crippen molar-refractivity contribution in [2.75, 3.05) is 6.61 Å². The third kappa shape index (κ3) is 4.10. The second-order valence-electron chi connectivity index (χ2n) is 4.97. The van der Waals surface area contributed by atoms with E-state index in [0.29, 0.717) is 18.1 Å². The van der Waals surface area contributed by atoms with E-state index in [4.69, 9.17) is 14.6 Å². The van der Waals surface area contributed by atoms with Gasteiger partial charge in [0.1, 0.15) is 18.1 Å². The summed E-state index contributed by atoms with van der Waals surface area (Å²) in [6.45, 7) is -0.0430. The minimum absolute atomic E-state index is 0.329. The summed E-state index contributed by atoms with van der Waals surface area (Å²) in [6.07, 6.45) is 3.31. The van der Waals surface area contributed by atoms with Crippen molar-refractivity contribution in [3.05, 3.63) is 60.4 Å². The van der Waals surface area contributed by atoms with Gasteiger partial charge in [0.2, 0.25) is 0 Å². The number of pyridine rings is 1. The summed E-state index contributed by atoms with van der Waals surface area (Å²) < 4.78 is 10.8. The summed E-state index contributed by atoms with van der Waals surface area (Å²) >= 11 is 0. The number of aromatic amines is 1. The monoisotopic (exact) mass is 325 g/mol. The summed E-state index contributed by atoms with van der Waals surface area (Å²) in [5.74, 6) is 0.112. The zero-order valence-electron chi connectivity index (χ0n) is 12.7. The molecular formula is C17H15N3O4. The second-order valence-corrected chi connectivity index (χ2v) is 4.97. The van der Waals surface area contributed by atoms with Crippen LogP contribution >= 0.6 is 0 Å². The molecule has 0 saturated carbocycles. The van der Waals surface area contributed by atoms with Gasteiger partial charge in [-0.15, -0.1) is 0 Å². The molecule has 7 heteroatoms. The maximum atomic E-state index is 10.5. The van der Waals surface area contributed by atoms with E-state index in [2.05, 4.69) is 15.2 Å². The molecule has 0 aliphatic carbocycles. The van der Waals surface area contributed by atoms with Crippen LogP contribution in [0, 0.1) is 0 Å². The van der Waals surface area contributed by atoms with Crippen LogP contribution in [0.25, 0.3) is 11.4 Å². The van der Waals surface area contributed by atoms with Gasteiger partial charge in [0.15, 0.2) is 6.61 Å². The summed E-state index contributed by atoms with van der Waals surface area (Å²) in [4.78, 5) is 14.8. The molecule has 0 fully saturated rings. The van der Waals surface area contributed by atoms with Gasteiger partial charge in [0, 0.05) is 6.20 Å². The summed E-state index contributed by atoms with van der Waals surface area (Å²) in [5.41, 5.74) is 2.49. The van der Waals surface area contributed by atoms with Crippen LogP contribution in [0.1, 0.15) is 5.56 Å². The van der Waals surface area contributed by atoms with Gasteiger partial charge in [-0.2, -0.15) is 5.10 Å². The largest absolute Gasteiger partial charge is 0.487 e. The van der Waals surface area contributed by atoms with Crippen molar-refractivity contribution < 1.29 is 19.4 Å². The van der Waals surface area contributed by atoms with Gasteiger partial charge < -0.3 is 14.6 Å². The number of carboxylic acids is 1. The highest BCUT2D eigenvalue weighted by atomic mass is 16.5. The van der Waals surface area contributed by atoms with Crippen molar-refractivity contribution in [2.24, 2.45) is 0 Å². The fourth-order valence-electron chi connectivity index (χ4n) is 2.06. The third-order valence-electron chi connectivity index (χ3n) is 3.18. The SMILES string of the molecule is O=C(O)COc1cccc(COc2ccc(-c3ccn[nH]3)nc2)c1. The van der Waals surface area contributed by atoms with Crippen molar-refractivity contribution >= 4 is 5.97 Å². The van der Waals surface area contributed by atoms with Crippen LogP contribution in [0.15, 0.2) is 54.9 Å². The molecule has 7 nitrogen and oxygen atoms in total. The highest BCUT2D eigenvalue weighted by Crippen LogP contribution is 2.19. The number of benzene rings is 1. The van der Waals surface area contributed by atoms with E-state index < -0.39 is 5.97 Å². The van der Waals surface area contributed by atoms with Crippen LogP contribution in [-0.4, -0.2) is 32.9 Å². The van der Waals surface area contributed by atoms with Gasteiger partial charge in [-0.05, 0) is 35.9 Å².